The number of piperidine rings is 1. The molecule has 1 aromatic rings. The van der Waals surface area contributed by atoms with Gasteiger partial charge in [0, 0.05) is 25.2 Å². The molecule has 1 aromatic carbocycles. The molecular weight excluding hydrogens is 360 g/mol. The number of carboxylic acids is 1. The van der Waals surface area contributed by atoms with Crippen LogP contribution in [0.4, 0.5) is 0 Å². The van der Waals surface area contributed by atoms with Gasteiger partial charge in [0.25, 0.3) is 5.91 Å². The van der Waals surface area contributed by atoms with Crippen molar-refractivity contribution in [2.45, 2.75) is 45.8 Å². The molecule has 7 heteroatoms. The number of hydrogen-bond donors (Lipinski definition) is 1. The van der Waals surface area contributed by atoms with Crippen LogP contribution in [0.3, 0.4) is 0 Å². The van der Waals surface area contributed by atoms with E-state index in [0.717, 1.165) is 17.5 Å². The summed E-state index contributed by atoms with van der Waals surface area (Å²) in [6, 6.07) is 5.78. The summed E-state index contributed by atoms with van der Waals surface area (Å²) in [6.45, 7) is 7.13. The summed E-state index contributed by atoms with van der Waals surface area (Å²) >= 11 is 0. The second kappa shape index (κ2) is 8.31. The Morgan fingerprint density at radius 3 is 2.36 bits per heavy atom. The van der Waals surface area contributed by atoms with Gasteiger partial charge in [0.2, 0.25) is 5.91 Å². The monoisotopic (exact) mass is 388 g/mol. The predicted octanol–water partition coefficient (Wildman–Crippen LogP) is 1.86. The van der Waals surface area contributed by atoms with Crippen molar-refractivity contribution in [3.05, 3.63) is 34.9 Å². The van der Waals surface area contributed by atoms with E-state index >= 15 is 0 Å². The normalized spacial score (nSPS) is 25.5. The predicted molar refractivity (Wildman–Crippen MR) is 103 cm³/mol. The molecule has 2 fully saturated rings. The van der Waals surface area contributed by atoms with Crippen LogP contribution in [0, 0.1) is 19.8 Å². The van der Waals surface area contributed by atoms with Crippen molar-refractivity contribution in [1.29, 1.82) is 0 Å². The highest BCUT2D eigenvalue weighted by molar-refractivity contribution is 5.95. The van der Waals surface area contributed by atoms with Crippen LogP contribution >= 0.6 is 0 Å². The van der Waals surface area contributed by atoms with Gasteiger partial charge in [-0.05, 0) is 45.7 Å². The van der Waals surface area contributed by atoms with Gasteiger partial charge in [-0.2, -0.15) is 0 Å². The van der Waals surface area contributed by atoms with E-state index in [9.17, 15) is 19.5 Å². The van der Waals surface area contributed by atoms with Crippen LogP contribution in [0.2, 0.25) is 0 Å². The Morgan fingerprint density at radius 2 is 1.71 bits per heavy atom. The average Bonchev–Trinajstić information content (AvgIpc) is 2.65. The number of carbonyl (C=O) groups excluding carboxylic acids is 2. The molecule has 2 saturated heterocycles. The standard InChI is InChI=1S/C21H28N2O5/c1-13-7-14(2)9-17(8-13)20(25)22-6-4-5-16(11-22)19(24)23-10-15(3)28-18(12-23)21(26)27/h7-9,15-16,18H,4-6,10-12H2,1-3H3,(H,26,27)/t15-,16?,18?/m1/s1. The first-order chi connectivity index (χ1) is 13.2. The molecule has 0 aromatic heterocycles. The summed E-state index contributed by atoms with van der Waals surface area (Å²) in [5.41, 5.74) is 2.72. The molecule has 3 atom stereocenters. The van der Waals surface area contributed by atoms with E-state index in [1.54, 1.807) is 16.7 Å². The van der Waals surface area contributed by atoms with E-state index in [-0.39, 0.29) is 30.4 Å². The third kappa shape index (κ3) is 4.52. The summed E-state index contributed by atoms with van der Waals surface area (Å²) in [4.78, 5) is 40.6. The fraction of sp³-hybridized carbons (Fsp3) is 0.571. The van der Waals surface area contributed by atoms with Gasteiger partial charge in [0.05, 0.1) is 18.6 Å². The quantitative estimate of drug-likeness (QED) is 0.854. The van der Waals surface area contributed by atoms with Gasteiger partial charge in [-0.15, -0.1) is 0 Å². The third-order valence-corrected chi connectivity index (χ3v) is 5.37. The number of likely N-dealkylation sites (tertiary alicyclic amines) is 1. The van der Waals surface area contributed by atoms with Crippen molar-refractivity contribution < 1.29 is 24.2 Å². The Labute approximate surface area is 165 Å². The lowest BCUT2D eigenvalue weighted by Crippen LogP contribution is -2.55. The highest BCUT2D eigenvalue weighted by Gasteiger charge is 2.37. The van der Waals surface area contributed by atoms with Gasteiger partial charge in [-0.25, -0.2) is 4.79 Å². The topological polar surface area (TPSA) is 87.2 Å². The number of amides is 2. The molecule has 2 aliphatic rings. The first-order valence-corrected chi connectivity index (χ1v) is 9.79. The summed E-state index contributed by atoms with van der Waals surface area (Å²) in [6.07, 6.45) is 0.147. The number of carbonyl (C=O) groups is 3. The van der Waals surface area contributed by atoms with Crippen molar-refractivity contribution >= 4 is 17.8 Å². The second-order valence-electron chi connectivity index (χ2n) is 7.98. The SMILES string of the molecule is Cc1cc(C)cc(C(=O)N2CCCC(C(=O)N3CC(C(=O)O)O[C@H](C)C3)C2)c1. The number of morpholine rings is 1. The number of aryl methyl sites for hydroxylation is 2. The van der Waals surface area contributed by atoms with Gasteiger partial charge in [-0.1, -0.05) is 17.2 Å². The summed E-state index contributed by atoms with van der Waals surface area (Å²) < 4.78 is 5.40. The fourth-order valence-corrected chi connectivity index (χ4v) is 4.17. The third-order valence-electron chi connectivity index (χ3n) is 5.37. The Hall–Kier alpha value is -2.41. The molecule has 1 N–H and O–H groups in total. The maximum Gasteiger partial charge on any atom is 0.334 e. The van der Waals surface area contributed by atoms with E-state index in [1.807, 2.05) is 32.0 Å². The zero-order chi connectivity index (χ0) is 20.4. The van der Waals surface area contributed by atoms with E-state index in [1.165, 1.54) is 0 Å². The largest absolute Gasteiger partial charge is 0.479 e. The van der Waals surface area contributed by atoms with Crippen LogP contribution in [-0.2, 0) is 14.3 Å². The second-order valence-corrected chi connectivity index (χ2v) is 7.98. The number of ether oxygens (including phenoxy) is 1. The molecule has 7 nitrogen and oxygen atoms in total. The lowest BCUT2D eigenvalue weighted by molar-refractivity contribution is -0.168. The van der Waals surface area contributed by atoms with Crippen LogP contribution in [0.1, 0.15) is 41.3 Å². The highest BCUT2D eigenvalue weighted by Crippen LogP contribution is 2.23. The number of carboxylic acid groups (broad SMARTS) is 1. The summed E-state index contributed by atoms with van der Waals surface area (Å²) in [7, 11) is 0. The van der Waals surface area contributed by atoms with Crippen molar-refractivity contribution in [1.82, 2.24) is 9.80 Å². The molecule has 2 heterocycles. The van der Waals surface area contributed by atoms with E-state index < -0.39 is 12.1 Å². The van der Waals surface area contributed by atoms with Crippen molar-refractivity contribution in [2.75, 3.05) is 26.2 Å². The number of hydrogen-bond acceptors (Lipinski definition) is 4. The Bertz CT molecular complexity index is 758. The zero-order valence-electron chi connectivity index (χ0n) is 16.7. The van der Waals surface area contributed by atoms with Crippen molar-refractivity contribution in [3.8, 4) is 0 Å². The van der Waals surface area contributed by atoms with Crippen molar-refractivity contribution in [2.24, 2.45) is 5.92 Å². The first-order valence-electron chi connectivity index (χ1n) is 9.79. The molecule has 28 heavy (non-hydrogen) atoms. The van der Waals surface area contributed by atoms with Crippen LogP contribution in [0.15, 0.2) is 18.2 Å². The highest BCUT2D eigenvalue weighted by atomic mass is 16.5. The molecule has 2 amide bonds. The fourth-order valence-electron chi connectivity index (χ4n) is 4.17. The summed E-state index contributed by atoms with van der Waals surface area (Å²) in [5.74, 6) is -1.50. The molecule has 2 unspecified atom stereocenters. The zero-order valence-corrected chi connectivity index (χ0v) is 16.7. The van der Waals surface area contributed by atoms with E-state index in [0.29, 0.717) is 31.6 Å². The number of rotatable bonds is 3. The van der Waals surface area contributed by atoms with Gasteiger partial charge >= 0.3 is 5.97 Å². The van der Waals surface area contributed by atoms with E-state index in [2.05, 4.69) is 0 Å². The molecular formula is C21H28N2O5. The number of nitrogens with zero attached hydrogens (tertiary/aromatic N) is 2. The molecule has 3 rings (SSSR count). The molecule has 2 aliphatic heterocycles. The van der Waals surface area contributed by atoms with Crippen LogP contribution < -0.4 is 0 Å². The molecule has 0 bridgehead atoms. The maximum atomic E-state index is 13.0. The van der Waals surface area contributed by atoms with Gasteiger partial charge < -0.3 is 19.6 Å². The molecule has 0 spiro atoms. The van der Waals surface area contributed by atoms with Crippen molar-refractivity contribution in [3.63, 3.8) is 0 Å². The van der Waals surface area contributed by atoms with Gasteiger partial charge in [0.15, 0.2) is 6.10 Å². The Kier molecular flexibility index (Phi) is 6.03. The molecule has 0 aliphatic carbocycles. The lowest BCUT2D eigenvalue weighted by atomic mass is 9.95. The van der Waals surface area contributed by atoms with Crippen LogP contribution in [0.25, 0.3) is 0 Å². The Balaban J connectivity index is 1.69. The van der Waals surface area contributed by atoms with Gasteiger partial charge in [0.1, 0.15) is 0 Å². The minimum Gasteiger partial charge on any atom is -0.479 e. The minimum absolute atomic E-state index is 0.0527. The molecule has 152 valence electrons. The van der Waals surface area contributed by atoms with Crippen LogP contribution in [0.5, 0.6) is 0 Å². The summed E-state index contributed by atoms with van der Waals surface area (Å²) in [5, 5.41) is 9.24. The smallest absolute Gasteiger partial charge is 0.334 e. The first kappa shape index (κ1) is 20.3. The Morgan fingerprint density at radius 1 is 1.04 bits per heavy atom. The van der Waals surface area contributed by atoms with Gasteiger partial charge in [-0.3, -0.25) is 9.59 Å². The average molecular weight is 388 g/mol. The number of benzene rings is 1. The minimum atomic E-state index is -1.06. The number of aliphatic carboxylic acids is 1. The van der Waals surface area contributed by atoms with E-state index in [4.69, 9.17) is 4.74 Å². The van der Waals surface area contributed by atoms with Crippen LogP contribution in [-0.4, -0.2) is 71.1 Å². The maximum absolute atomic E-state index is 13.0. The molecule has 0 radical (unpaired) electrons. The molecule has 0 saturated carbocycles. The lowest BCUT2D eigenvalue weighted by Gasteiger charge is -2.39.